The SMILES string of the molecule is CCCCNC(=O)c1ccc(NC(C)=O)c([N+](=O)[O-])c1. The first kappa shape index (κ1) is 15.6. The average molecular weight is 279 g/mol. The summed E-state index contributed by atoms with van der Waals surface area (Å²) in [5.41, 5.74) is -0.0298. The van der Waals surface area contributed by atoms with Gasteiger partial charge in [0.25, 0.3) is 11.6 Å². The van der Waals surface area contributed by atoms with Crippen molar-refractivity contribution in [3.8, 4) is 0 Å². The van der Waals surface area contributed by atoms with E-state index < -0.39 is 10.8 Å². The van der Waals surface area contributed by atoms with Gasteiger partial charge in [0, 0.05) is 25.1 Å². The Morgan fingerprint density at radius 1 is 1.35 bits per heavy atom. The van der Waals surface area contributed by atoms with E-state index >= 15 is 0 Å². The highest BCUT2D eigenvalue weighted by molar-refractivity contribution is 5.97. The van der Waals surface area contributed by atoms with Gasteiger partial charge in [-0.3, -0.25) is 19.7 Å². The molecule has 0 atom stereocenters. The Balaban J connectivity index is 2.95. The van der Waals surface area contributed by atoms with Gasteiger partial charge in [-0.1, -0.05) is 13.3 Å². The molecule has 0 fully saturated rings. The lowest BCUT2D eigenvalue weighted by molar-refractivity contribution is -0.384. The summed E-state index contributed by atoms with van der Waals surface area (Å²) in [4.78, 5) is 33.1. The highest BCUT2D eigenvalue weighted by atomic mass is 16.6. The van der Waals surface area contributed by atoms with E-state index in [1.807, 2.05) is 6.92 Å². The molecule has 7 nitrogen and oxygen atoms in total. The van der Waals surface area contributed by atoms with Crippen LogP contribution in [0.4, 0.5) is 11.4 Å². The smallest absolute Gasteiger partial charge is 0.293 e. The Kier molecular flexibility index (Phi) is 5.64. The number of rotatable bonds is 6. The van der Waals surface area contributed by atoms with Gasteiger partial charge < -0.3 is 10.6 Å². The number of carbonyl (C=O) groups excluding carboxylic acids is 2. The fourth-order valence-electron chi connectivity index (χ4n) is 1.60. The average Bonchev–Trinajstić information content (AvgIpc) is 2.38. The van der Waals surface area contributed by atoms with Crippen LogP contribution in [0, 0.1) is 10.1 Å². The number of amides is 2. The summed E-state index contributed by atoms with van der Waals surface area (Å²) in [5.74, 6) is -0.774. The number of hydrogen-bond acceptors (Lipinski definition) is 4. The van der Waals surface area contributed by atoms with Gasteiger partial charge in [-0.05, 0) is 18.6 Å². The number of carbonyl (C=O) groups is 2. The molecule has 0 aromatic heterocycles. The zero-order valence-electron chi connectivity index (χ0n) is 11.4. The van der Waals surface area contributed by atoms with E-state index in [-0.39, 0.29) is 22.8 Å². The van der Waals surface area contributed by atoms with Crippen LogP contribution in [0.2, 0.25) is 0 Å². The van der Waals surface area contributed by atoms with E-state index in [4.69, 9.17) is 0 Å². The molecule has 1 aromatic rings. The van der Waals surface area contributed by atoms with Gasteiger partial charge in [0.15, 0.2) is 0 Å². The summed E-state index contributed by atoms with van der Waals surface area (Å²) in [6.07, 6.45) is 1.79. The van der Waals surface area contributed by atoms with Crippen molar-refractivity contribution in [2.24, 2.45) is 0 Å². The van der Waals surface area contributed by atoms with E-state index in [1.54, 1.807) is 0 Å². The first-order chi connectivity index (χ1) is 9.45. The molecule has 108 valence electrons. The van der Waals surface area contributed by atoms with Crippen molar-refractivity contribution in [1.82, 2.24) is 5.32 Å². The standard InChI is InChI=1S/C13H17N3O4/c1-3-4-7-14-13(18)10-5-6-11(15-9(2)17)12(8-10)16(19)20/h5-6,8H,3-4,7H2,1-2H3,(H,14,18)(H,15,17). The van der Waals surface area contributed by atoms with Crippen LogP contribution in [0.3, 0.4) is 0 Å². The fourth-order valence-corrected chi connectivity index (χ4v) is 1.60. The predicted molar refractivity (Wildman–Crippen MR) is 74.6 cm³/mol. The first-order valence-corrected chi connectivity index (χ1v) is 6.30. The number of hydrogen-bond donors (Lipinski definition) is 2. The minimum Gasteiger partial charge on any atom is -0.352 e. The highest BCUT2D eigenvalue weighted by Crippen LogP contribution is 2.25. The fraction of sp³-hybridized carbons (Fsp3) is 0.385. The molecule has 2 N–H and O–H groups in total. The molecule has 20 heavy (non-hydrogen) atoms. The van der Waals surface area contributed by atoms with Crippen molar-refractivity contribution < 1.29 is 14.5 Å². The third-order valence-corrected chi connectivity index (χ3v) is 2.58. The first-order valence-electron chi connectivity index (χ1n) is 6.30. The molecule has 0 aliphatic rings. The topological polar surface area (TPSA) is 101 Å². The Hall–Kier alpha value is -2.44. The lowest BCUT2D eigenvalue weighted by atomic mass is 10.1. The molecule has 2 amide bonds. The van der Waals surface area contributed by atoms with Crippen molar-refractivity contribution in [3.63, 3.8) is 0 Å². The summed E-state index contributed by atoms with van der Waals surface area (Å²) in [6.45, 7) is 3.78. The minimum absolute atomic E-state index is 0.0765. The number of benzene rings is 1. The molecule has 0 heterocycles. The molecule has 0 spiro atoms. The molecule has 0 bridgehead atoms. The van der Waals surface area contributed by atoms with Crippen LogP contribution in [0.25, 0.3) is 0 Å². The molecule has 0 unspecified atom stereocenters. The number of nitro groups is 1. The Labute approximate surface area is 116 Å². The van der Waals surface area contributed by atoms with Crippen molar-refractivity contribution in [1.29, 1.82) is 0 Å². The molecule has 0 aliphatic carbocycles. The lowest BCUT2D eigenvalue weighted by Gasteiger charge is -2.07. The summed E-state index contributed by atoms with van der Waals surface area (Å²) in [5, 5.41) is 16.0. The summed E-state index contributed by atoms with van der Waals surface area (Å²) in [6, 6.07) is 3.96. The molecule has 0 saturated carbocycles. The Bertz CT molecular complexity index is 528. The number of nitro benzene ring substituents is 1. The van der Waals surface area contributed by atoms with E-state index in [0.29, 0.717) is 6.54 Å². The normalized spacial score (nSPS) is 9.90. The van der Waals surface area contributed by atoms with Gasteiger partial charge in [-0.25, -0.2) is 0 Å². The van der Waals surface area contributed by atoms with Crippen molar-refractivity contribution in [2.75, 3.05) is 11.9 Å². The van der Waals surface area contributed by atoms with Crippen molar-refractivity contribution in [3.05, 3.63) is 33.9 Å². The van der Waals surface area contributed by atoms with Gasteiger partial charge in [-0.15, -0.1) is 0 Å². The second kappa shape index (κ2) is 7.22. The zero-order valence-corrected chi connectivity index (χ0v) is 11.4. The van der Waals surface area contributed by atoms with Crippen LogP contribution in [0.1, 0.15) is 37.0 Å². The van der Waals surface area contributed by atoms with Crippen LogP contribution in [0.5, 0.6) is 0 Å². The Morgan fingerprint density at radius 2 is 2.05 bits per heavy atom. The minimum atomic E-state index is -0.631. The summed E-state index contributed by atoms with van der Waals surface area (Å²) in [7, 11) is 0. The van der Waals surface area contributed by atoms with Crippen LogP contribution >= 0.6 is 0 Å². The predicted octanol–water partition coefficient (Wildman–Crippen LogP) is 2.08. The molecular weight excluding hydrogens is 262 g/mol. The van der Waals surface area contributed by atoms with Crippen LogP contribution < -0.4 is 10.6 Å². The van der Waals surface area contributed by atoms with Gasteiger partial charge in [0.05, 0.1) is 4.92 Å². The second-order valence-electron chi connectivity index (χ2n) is 4.28. The van der Waals surface area contributed by atoms with Crippen LogP contribution in [-0.2, 0) is 4.79 Å². The van der Waals surface area contributed by atoms with E-state index in [9.17, 15) is 19.7 Å². The van der Waals surface area contributed by atoms with Gasteiger partial charge >= 0.3 is 0 Å². The molecule has 0 aliphatic heterocycles. The number of nitrogens with one attached hydrogen (secondary N) is 2. The lowest BCUT2D eigenvalue weighted by Crippen LogP contribution is -2.24. The van der Waals surface area contributed by atoms with Crippen LogP contribution in [0.15, 0.2) is 18.2 Å². The molecule has 7 heteroatoms. The summed E-state index contributed by atoms with van der Waals surface area (Å²) < 4.78 is 0. The third kappa shape index (κ3) is 4.34. The van der Waals surface area contributed by atoms with E-state index in [1.165, 1.54) is 19.1 Å². The third-order valence-electron chi connectivity index (χ3n) is 2.58. The number of anilines is 1. The van der Waals surface area contributed by atoms with Crippen LogP contribution in [-0.4, -0.2) is 23.3 Å². The zero-order chi connectivity index (χ0) is 15.1. The molecule has 1 aromatic carbocycles. The van der Waals surface area contributed by atoms with Crippen molar-refractivity contribution >= 4 is 23.2 Å². The maximum Gasteiger partial charge on any atom is 0.293 e. The van der Waals surface area contributed by atoms with Gasteiger partial charge in [0.1, 0.15) is 5.69 Å². The second-order valence-corrected chi connectivity index (χ2v) is 4.28. The summed E-state index contributed by atoms with van der Waals surface area (Å²) >= 11 is 0. The molecular formula is C13H17N3O4. The quantitative estimate of drug-likeness (QED) is 0.473. The maximum atomic E-state index is 11.8. The molecule has 1 rings (SSSR count). The largest absolute Gasteiger partial charge is 0.352 e. The maximum absolute atomic E-state index is 11.8. The highest BCUT2D eigenvalue weighted by Gasteiger charge is 2.18. The van der Waals surface area contributed by atoms with Crippen molar-refractivity contribution in [2.45, 2.75) is 26.7 Å². The van der Waals surface area contributed by atoms with E-state index in [0.717, 1.165) is 18.9 Å². The molecule has 0 saturated heterocycles. The monoisotopic (exact) mass is 279 g/mol. The van der Waals surface area contributed by atoms with Gasteiger partial charge in [0.2, 0.25) is 5.91 Å². The van der Waals surface area contributed by atoms with E-state index in [2.05, 4.69) is 10.6 Å². The molecule has 0 radical (unpaired) electrons. The Morgan fingerprint density at radius 3 is 2.60 bits per heavy atom. The van der Waals surface area contributed by atoms with Gasteiger partial charge in [-0.2, -0.15) is 0 Å². The number of nitrogens with zero attached hydrogens (tertiary/aromatic N) is 1. The number of unbranched alkanes of at least 4 members (excludes halogenated alkanes) is 1.